The highest BCUT2D eigenvalue weighted by atomic mass is 16.6. The van der Waals surface area contributed by atoms with Gasteiger partial charge in [-0.15, -0.1) is 0 Å². The molecular formula is C12H19N3O4. The number of hydrogen-bond acceptors (Lipinski definition) is 6. The molecule has 1 rings (SSSR count). The van der Waals surface area contributed by atoms with Crippen LogP contribution in [-0.4, -0.2) is 28.4 Å². The van der Waals surface area contributed by atoms with Crippen molar-refractivity contribution in [3.8, 4) is 0 Å². The van der Waals surface area contributed by atoms with Crippen molar-refractivity contribution in [2.45, 2.75) is 25.7 Å². The molecule has 7 nitrogen and oxygen atoms in total. The number of aliphatic hydroxyl groups is 2. The maximum Gasteiger partial charge on any atom is 0.297 e. The standard InChI is InChI=1S/C12H19N3O4/c13-10-7-8(3-1-5-16)11(14)12(15(18)19)9(10)4-2-6-17/h7,16-17H,1-6,13-14H2. The molecule has 7 heteroatoms. The van der Waals surface area contributed by atoms with Crippen LogP contribution >= 0.6 is 0 Å². The van der Waals surface area contributed by atoms with E-state index in [1.54, 1.807) is 6.07 Å². The van der Waals surface area contributed by atoms with Crippen LogP contribution in [0.25, 0.3) is 0 Å². The molecule has 0 aromatic heterocycles. The number of nitrogens with two attached hydrogens (primary N) is 2. The molecule has 1 aromatic rings. The van der Waals surface area contributed by atoms with Crippen molar-refractivity contribution in [1.82, 2.24) is 0 Å². The summed E-state index contributed by atoms with van der Waals surface area (Å²) < 4.78 is 0. The van der Waals surface area contributed by atoms with Gasteiger partial charge in [-0.05, 0) is 37.3 Å². The third-order valence-electron chi connectivity index (χ3n) is 2.94. The fourth-order valence-corrected chi connectivity index (χ4v) is 2.01. The molecule has 6 N–H and O–H groups in total. The fourth-order valence-electron chi connectivity index (χ4n) is 2.01. The number of nitro benzene ring substituents is 1. The van der Waals surface area contributed by atoms with Crippen molar-refractivity contribution in [3.05, 3.63) is 27.3 Å². The molecule has 0 saturated carbocycles. The lowest BCUT2D eigenvalue weighted by molar-refractivity contribution is -0.384. The Labute approximate surface area is 111 Å². The average Bonchev–Trinajstić information content (AvgIpc) is 2.36. The first-order valence-electron chi connectivity index (χ1n) is 6.08. The molecule has 0 fully saturated rings. The molecule has 19 heavy (non-hydrogen) atoms. The molecule has 0 aliphatic carbocycles. The van der Waals surface area contributed by atoms with Gasteiger partial charge < -0.3 is 21.7 Å². The quantitative estimate of drug-likeness (QED) is 0.325. The van der Waals surface area contributed by atoms with Crippen molar-refractivity contribution in [2.24, 2.45) is 0 Å². The van der Waals surface area contributed by atoms with Crippen LogP contribution in [0.5, 0.6) is 0 Å². The van der Waals surface area contributed by atoms with Crippen LogP contribution in [0.3, 0.4) is 0 Å². The third kappa shape index (κ3) is 3.55. The lowest BCUT2D eigenvalue weighted by Crippen LogP contribution is -2.08. The lowest BCUT2D eigenvalue weighted by Gasteiger charge is -2.12. The molecule has 0 atom stereocenters. The number of aliphatic hydroxyl groups excluding tert-OH is 2. The first-order valence-corrected chi connectivity index (χ1v) is 6.08. The lowest BCUT2D eigenvalue weighted by atomic mass is 9.98. The topological polar surface area (TPSA) is 136 Å². The van der Waals surface area contributed by atoms with Crippen LogP contribution < -0.4 is 11.5 Å². The Morgan fingerprint density at radius 1 is 1.16 bits per heavy atom. The molecule has 0 heterocycles. The minimum absolute atomic E-state index is 0.0145. The number of nitrogen functional groups attached to an aromatic ring is 2. The molecule has 106 valence electrons. The minimum atomic E-state index is -0.541. The number of aryl methyl sites for hydroxylation is 1. The van der Waals surface area contributed by atoms with Gasteiger partial charge >= 0.3 is 0 Å². The van der Waals surface area contributed by atoms with E-state index in [9.17, 15) is 10.1 Å². The van der Waals surface area contributed by atoms with Crippen molar-refractivity contribution < 1.29 is 15.1 Å². The SMILES string of the molecule is Nc1cc(CCCO)c(N)c([N+](=O)[O-])c1CCCO. The number of nitro groups is 1. The van der Waals surface area contributed by atoms with Gasteiger partial charge in [0.2, 0.25) is 0 Å². The van der Waals surface area contributed by atoms with Gasteiger partial charge in [0, 0.05) is 18.9 Å². The number of benzene rings is 1. The van der Waals surface area contributed by atoms with Gasteiger partial charge in [-0.1, -0.05) is 0 Å². The van der Waals surface area contributed by atoms with Crippen molar-refractivity contribution in [1.29, 1.82) is 0 Å². The Morgan fingerprint density at radius 3 is 2.26 bits per heavy atom. The summed E-state index contributed by atoms with van der Waals surface area (Å²) in [5.41, 5.74) is 12.8. The van der Waals surface area contributed by atoms with Gasteiger partial charge in [0.05, 0.1) is 10.5 Å². The van der Waals surface area contributed by atoms with Crippen LogP contribution in [0.4, 0.5) is 17.1 Å². The van der Waals surface area contributed by atoms with Crippen LogP contribution in [0.15, 0.2) is 6.07 Å². The first kappa shape index (κ1) is 15.2. The fraction of sp³-hybridized carbons (Fsp3) is 0.500. The average molecular weight is 269 g/mol. The number of anilines is 2. The second kappa shape index (κ2) is 6.91. The van der Waals surface area contributed by atoms with Crippen LogP contribution in [0.2, 0.25) is 0 Å². The normalized spacial score (nSPS) is 10.6. The molecule has 0 saturated heterocycles. The maximum atomic E-state index is 11.1. The van der Waals surface area contributed by atoms with E-state index in [2.05, 4.69) is 0 Å². The Morgan fingerprint density at radius 2 is 1.74 bits per heavy atom. The Kier molecular flexibility index (Phi) is 5.53. The predicted molar refractivity (Wildman–Crippen MR) is 72.7 cm³/mol. The highest BCUT2D eigenvalue weighted by Crippen LogP contribution is 2.35. The molecule has 0 aliphatic rings. The highest BCUT2D eigenvalue weighted by Gasteiger charge is 2.23. The summed E-state index contributed by atoms with van der Waals surface area (Å²) in [5, 5.41) is 28.8. The first-order chi connectivity index (χ1) is 9.02. The summed E-state index contributed by atoms with van der Waals surface area (Å²) in [7, 11) is 0. The molecular weight excluding hydrogens is 250 g/mol. The van der Waals surface area contributed by atoms with Gasteiger partial charge in [-0.3, -0.25) is 10.1 Å². The highest BCUT2D eigenvalue weighted by molar-refractivity contribution is 5.74. The van der Waals surface area contributed by atoms with Crippen LogP contribution in [-0.2, 0) is 12.8 Å². The number of nitrogens with zero attached hydrogens (tertiary/aromatic N) is 1. The summed E-state index contributed by atoms with van der Waals surface area (Å²) in [5.74, 6) is 0. The van der Waals surface area contributed by atoms with E-state index in [0.717, 1.165) is 0 Å². The monoisotopic (exact) mass is 269 g/mol. The van der Waals surface area contributed by atoms with Gasteiger partial charge in [0.1, 0.15) is 5.69 Å². The van der Waals surface area contributed by atoms with E-state index in [1.807, 2.05) is 0 Å². The zero-order chi connectivity index (χ0) is 14.4. The number of rotatable bonds is 7. The van der Waals surface area contributed by atoms with E-state index >= 15 is 0 Å². The molecule has 0 radical (unpaired) electrons. The van der Waals surface area contributed by atoms with E-state index in [-0.39, 0.29) is 24.6 Å². The minimum Gasteiger partial charge on any atom is -0.398 e. The van der Waals surface area contributed by atoms with Crippen molar-refractivity contribution in [3.63, 3.8) is 0 Å². The molecule has 0 bridgehead atoms. The van der Waals surface area contributed by atoms with Gasteiger partial charge in [-0.25, -0.2) is 0 Å². The maximum absolute atomic E-state index is 11.1. The van der Waals surface area contributed by atoms with E-state index in [4.69, 9.17) is 21.7 Å². The van der Waals surface area contributed by atoms with Crippen molar-refractivity contribution >= 4 is 17.1 Å². The summed E-state index contributed by atoms with van der Waals surface area (Å²) in [6.07, 6.45) is 1.61. The van der Waals surface area contributed by atoms with Crippen LogP contribution in [0, 0.1) is 10.1 Å². The van der Waals surface area contributed by atoms with Gasteiger partial charge in [0.25, 0.3) is 5.69 Å². The number of hydrogen-bond donors (Lipinski definition) is 4. The largest absolute Gasteiger partial charge is 0.398 e. The third-order valence-corrected chi connectivity index (χ3v) is 2.94. The summed E-state index contributed by atoms with van der Waals surface area (Å²) >= 11 is 0. The molecule has 0 aliphatic heterocycles. The van der Waals surface area contributed by atoms with E-state index < -0.39 is 4.92 Å². The molecule has 0 amide bonds. The summed E-state index contributed by atoms with van der Waals surface area (Å²) in [4.78, 5) is 10.6. The summed E-state index contributed by atoms with van der Waals surface area (Å²) in [6.45, 7) is -0.0812. The molecule has 1 aromatic carbocycles. The van der Waals surface area contributed by atoms with Gasteiger partial charge in [0.15, 0.2) is 0 Å². The zero-order valence-corrected chi connectivity index (χ0v) is 10.6. The predicted octanol–water partition coefficient (Wildman–Crippen LogP) is 0.609. The smallest absolute Gasteiger partial charge is 0.297 e. The summed E-state index contributed by atoms with van der Waals surface area (Å²) in [6, 6.07) is 1.62. The molecule has 0 unspecified atom stereocenters. The molecule has 0 spiro atoms. The Bertz CT molecular complexity index is 463. The van der Waals surface area contributed by atoms with Crippen LogP contribution in [0.1, 0.15) is 24.0 Å². The second-order valence-electron chi connectivity index (χ2n) is 4.28. The Hall–Kier alpha value is -1.86. The Balaban J connectivity index is 3.25. The van der Waals surface area contributed by atoms with Crippen molar-refractivity contribution in [2.75, 3.05) is 24.7 Å². The zero-order valence-electron chi connectivity index (χ0n) is 10.6. The van der Waals surface area contributed by atoms with Gasteiger partial charge in [-0.2, -0.15) is 0 Å². The van der Waals surface area contributed by atoms with E-state index in [1.165, 1.54) is 0 Å². The second-order valence-corrected chi connectivity index (χ2v) is 4.28. The van der Waals surface area contributed by atoms with E-state index in [0.29, 0.717) is 42.5 Å².